The van der Waals surface area contributed by atoms with Gasteiger partial charge in [0.2, 0.25) is 5.91 Å². The minimum Gasteiger partial charge on any atom is -0.365 e. The molecular weight excluding hydrogens is 316 g/mol. The number of benzene rings is 1. The van der Waals surface area contributed by atoms with Gasteiger partial charge in [0.25, 0.3) is 5.69 Å². The van der Waals surface area contributed by atoms with Gasteiger partial charge in [0.05, 0.1) is 10.8 Å². The maximum atomic E-state index is 12.4. The van der Waals surface area contributed by atoms with Gasteiger partial charge in [-0.1, -0.05) is 12.1 Å². The first-order valence-electron chi connectivity index (χ1n) is 7.34. The van der Waals surface area contributed by atoms with Crippen molar-refractivity contribution in [3.63, 3.8) is 0 Å². The Morgan fingerprint density at radius 1 is 1.43 bits per heavy atom. The van der Waals surface area contributed by atoms with Gasteiger partial charge >= 0.3 is 0 Å². The standard InChI is InChI=1S/C15H16N4O3S/c20-14(17-15-16-7-9-23-15)11-4-3-8-18(10-11)12-5-1-2-6-13(12)19(21)22/h1-2,5-7,9,11H,3-4,8,10H2,(H,16,17,20)/t11-/m1/s1. The van der Waals surface area contributed by atoms with Crippen molar-refractivity contribution in [3.05, 3.63) is 46.0 Å². The number of piperidine rings is 1. The molecule has 0 saturated carbocycles. The summed E-state index contributed by atoms with van der Waals surface area (Å²) in [6.07, 6.45) is 3.23. The predicted octanol–water partition coefficient (Wildman–Crippen LogP) is 2.91. The molecule has 1 amide bonds. The van der Waals surface area contributed by atoms with Crippen molar-refractivity contribution in [1.29, 1.82) is 0 Å². The summed E-state index contributed by atoms with van der Waals surface area (Å²) in [6.45, 7) is 1.19. The molecule has 1 aliphatic heterocycles. The molecule has 2 heterocycles. The zero-order valence-electron chi connectivity index (χ0n) is 12.3. The van der Waals surface area contributed by atoms with E-state index in [-0.39, 0.29) is 22.4 Å². The van der Waals surface area contributed by atoms with Crippen molar-refractivity contribution in [3.8, 4) is 0 Å². The molecule has 0 radical (unpaired) electrons. The van der Waals surface area contributed by atoms with E-state index in [1.165, 1.54) is 17.4 Å². The van der Waals surface area contributed by atoms with Gasteiger partial charge in [-0.15, -0.1) is 11.3 Å². The maximum Gasteiger partial charge on any atom is 0.292 e. The van der Waals surface area contributed by atoms with Gasteiger partial charge in [-0.05, 0) is 18.9 Å². The Morgan fingerprint density at radius 3 is 3.00 bits per heavy atom. The molecule has 3 rings (SSSR count). The second-order valence-corrected chi connectivity index (χ2v) is 6.25. The third-order valence-corrected chi connectivity index (χ3v) is 4.56. The average molecular weight is 332 g/mol. The van der Waals surface area contributed by atoms with E-state index in [1.807, 2.05) is 4.90 Å². The Labute approximate surface area is 137 Å². The zero-order chi connectivity index (χ0) is 16.2. The molecule has 1 aromatic carbocycles. The number of amides is 1. The SMILES string of the molecule is O=C(Nc1nccs1)[C@@H]1CCCN(c2ccccc2[N+](=O)[O-])C1. The smallest absolute Gasteiger partial charge is 0.292 e. The van der Waals surface area contributed by atoms with Crippen molar-refractivity contribution in [2.24, 2.45) is 5.92 Å². The molecule has 1 saturated heterocycles. The highest BCUT2D eigenvalue weighted by Crippen LogP contribution is 2.31. The first kappa shape index (κ1) is 15.4. The van der Waals surface area contributed by atoms with Crippen LogP contribution in [-0.2, 0) is 4.79 Å². The van der Waals surface area contributed by atoms with E-state index >= 15 is 0 Å². The Bertz CT molecular complexity index is 705. The van der Waals surface area contributed by atoms with Crippen molar-refractivity contribution >= 4 is 33.8 Å². The molecule has 2 aromatic rings. The number of nitrogens with one attached hydrogen (secondary N) is 1. The Morgan fingerprint density at radius 2 is 2.26 bits per heavy atom. The molecule has 1 N–H and O–H groups in total. The van der Waals surface area contributed by atoms with Gasteiger partial charge in [0, 0.05) is 30.7 Å². The lowest BCUT2D eigenvalue weighted by Crippen LogP contribution is -2.41. The van der Waals surface area contributed by atoms with Gasteiger partial charge in [-0.25, -0.2) is 4.98 Å². The summed E-state index contributed by atoms with van der Waals surface area (Å²) in [5, 5.41) is 16.4. The van der Waals surface area contributed by atoms with Crippen LogP contribution in [-0.4, -0.2) is 28.9 Å². The van der Waals surface area contributed by atoms with Gasteiger partial charge in [0.1, 0.15) is 5.69 Å². The number of para-hydroxylation sites is 2. The van der Waals surface area contributed by atoms with Crippen molar-refractivity contribution in [2.45, 2.75) is 12.8 Å². The molecule has 0 spiro atoms. The highest BCUT2D eigenvalue weighted by atomic mass is 32.1. The zero-order valence-corrected chi connectivity index (χ0v) is 13.2. The molecule has 1 atom stereocenters. The van der Waals surface area contributed by atoms with Crippen LogP contribution in [0, 0.1) is 16.0 Å². The summed E-state index contributed by atoms with van der Waals surface area (Å²) in [6, 6.07) is 6.66. The van der Waals surface area contributed by atoms with Crippen LogP contribution in [0.1, 0.15) is 12.8 Å². The molecule has 8 heteroatoms. The van der Waals surface area contributed by atoms with Crippen LogP contribution in [0.5, 0.6) is 0 Å². The van der Waals surface area contributed by atoms with Gasteiger partial charge in [-0.3, -0.25) is 14.9 Å². The predicted molar refractivity (Wildman–Crippen MR) is 88.8 cm³/mol. The van der Waals surface area contributed by atoms with E-state index in [9.17, 15) is 14.9 Å². The van der Waals surface area contributed by atoms with Crippen molar-refractivity contribution < 1.29 is 9.72 Å². The Kier molecular flexibility index (Phi) is 4.52. The highest BCUT2D eigenvalue weighted by Gasteiger charge is 2.29. The normalized spacial score (nSPS) is 17.7. The number of hydrogen-bond acceptors (Lipinski definition) is 6. The molecule has 1 aromatic heterocycles. The molecule has 7 nitrogen and oxygen atoms in total. The van der Waals surface area contributed by atoms with Crippen LogP contribution in [0.25, 0.3) is 0 Å². The third kappa shape index (κ3) is 3.48. The summed E-state index contributed by atoms with van der Waals surface area (Å²) in [5.41, 5.74) is 0.651. The fraction of sp³-hybridized carbons (Fsp3) is 0.333. The second-order valence-electron chi connectivity index (χ2n) is 5.36. The number of carbonyl (C=O) groups is 1. The lowest BCUT2D eigenvalue weighted by Gasteiger charge is -2.33. The molecular formula is C15H16N4O3S. The lowest BCUT2D eigenvalue weighted by molar-refractivity contribution is -0.384. The number of thiazole rings is 1. The van der Waals surface area contributed by atoms with E-state index in [1.54, 1.807) is 29.8 Å². The van der Waals surface area contributed by atoms with E-state index in [0.29, 0.717) is 23.9 Å². The second kappa shape index (κ2) is 6.74. The van der Waals surface area contributed by atoms with Crippen LogP contribution in [0.15, 0.2) is 35.8 Å². The lowest BCUT2D eigenvalue weighted by atomic mass is 9.96. The van der Waals surface area contributed by atoms with Crippen LogP contribution >= 0.6 is 11.3 Å². The average Bonchev–Trinajstić information content (AvgIpc) is 3.08. The number of carbonyl (C=O) groups excluding carboxylic acids is 1. The van der Waals surface area contributed by atoms with E-state index in [2.05, 4.69) is 10.3 Å². The third-order valence-electron chi connectivity index (χ3n) is 3.87. The summed E-state index contributed by atoms with van der Waals surface area (Å²) >= 11 is 1.37. The largest absolute Gasteiger partial charge is 0.365 e. The van der Waals surface area contributed by atoms with Gasteiger partial charge in [0.15, 0.2) is 5.13 Å². The molecule has 0 aliphatic carbocycles. The van der Waals surface area contributed by atoms with E-state index in [0.717, 1.165) is 12.8 Å². The van der Waals surface area contributed by atoms with Crippen LogP contribution < -0.4 is 10.2 Å². The summed E-state index contributed by atoms with van der Waals surface area (Å²) in [5.74, 6) is -0.282. The minimum atomic E-state index is -0.380. The summed E-state index contributed by atoms with van der Waals surface area (Å²) in [7, 11) is 0. The number of hydrogen-bond donors (Lipinski definition) is 1. The fourth-order valence-electron chi connectivity index (χ4n) is 2.79. The van der Waals surface area contributed by atoms with E-state index in [4.69, 9.17) is 0 Å². The number of aromatic nitrogens is 1. The molecule has 0 unspecified atom stereocenters. The molecule has 1 fully saturated rings. The van der Waals surface area contributed by atoms with Gasteiger partial charge < -0.3 is 10.2 Å². The van der Waals surface area contributed by atoms with Crippen LogP contribution in [0.4, 0.5) is 16.5 Å². The van der Waals surface area contributed by atoms with E-state index < -0.39 is 0 Å². The summed E-state index contributed by atoms with van der Waals surface area (Å²) < 4.78 is 0. The van der Waals surface area contributed by atoms with Crippen LogP contribution in [0.3, 0.4) is 0 Å². The Balaban J connectivity index is 1.73. The molecule has 1 aliphatic rings. The van der Waals surface area contributed by atoms with Crippen LogP contribution in [0.2, 0.25) is 0 Å². The number of nitrogens with zero attached hydrogens (tertiary/aromatic N) is 3. The quantitative estimate of drug-likeness (QED) is 0.687. The Hall–Kier alpha value is -2.48. The number of rotatable bonds is 4. The van der Waals surface area contributed by atoms with Gasteiger partial charge in [-0.2, -0.15) is 0 Å². The highest BCUT2D eigenvalue weighted by molar-refractivity contribution is 7.13. The minimum absolute atomic E-state index is 0.0773. The number of nitro groups is 1. The number of nitro benzene ring substituents is 1. The monoisotopic (exact) mass is 332 g/mol. The molecule has 0 bridgehead atoms. The maximum absolute atomic E-state index is 12.4. The van der Waals surface area contributed by atoms with Crippen molar-refractivity contribution in [2.75, 3.05) is 23.3 Å². The molecule has 23 heavy (non-hydrogen) atoms. The molecule has 120 valence electrons. The fourth-order valence-corrected chi connectivity index (χ4v) is 3.32. The summed E-state index contributed by atoms with van der Waals surface area (Å²) in [4.78, 5) is 29.1. The van der Waals surface area contributed by atoms with Crippen molar-refractivity contribution in [1.82, 2.24) is 4.98 Å². The first-order chi connectivity index (χ1) is 11.1. The topological polar surface area (TPSA) is 88.4 Å². The first-order valence-corrected chi connectivity index (χ1v) is 8.22. The number of anilines is 2.